The van der Waals surface area contributed by atoms with Crippen molar-refractivity contribution in [2.24, 2.45) is 0 Å². The van der Waals surface area contributed by atoms with E-state index >= 15 is 0 Å². The standard InChI is InChI=1S/C19H21N3O6/c1-19(2,8-15(24)25)21-16(26)10-4-3-5-11-12(10)9-22(18(11)28)13-6-7-14(23)20-17(13)27/h3-5,13H,6-9H2,1-2H3,(H,21,26)(H,24,25)(H,20,23,27). The van der Waals surface area contributed by atoms with E-state index in [1.807, 2.05) is 0 Å². The minimum atomic E-state index is -1.04. The van der Waals surface area contributed by atoms with E-state index in [4.69, 9.17) is 5.11 Å². The molecule has 2 aliphatic rings. The number of carboxylic acids is 1. The zero-order valence-electron chi connectivity index (χ0n) is 15.6. The van der Waals surface area contributed by atoms with Crippen LogP contribution in [0.1, 0.15) is 59.4 Å². The predicted octanol–water partition coefficient (Wildman–Crippen LogP) is 0.431. The molecule has 1 atom stereocenters. The average Bonchev–Trinajstić information content (AvgIpc) is 2.90. The molecule has 0 aliphatic carbocycles. The van der Waals surface area contributed by atoms with Gasteiger partial charge in [0.25, 0.3) is 11.8 Å². The molecule has 1 aromatic rings. The van der Waals surface area contributed by atoms with E-state index in [2.05, 4.69) is 10.6 Å². The SMILES string of the molecule is CC(C)(CC(=O)O)NC(=O)c1cccc2c1CN(C1CCC(=O)NC1=O)C2=O. The Kier molecular flexibility index (Phi) is 4.93. The highest BCUT2D eigenvalue weighted by atomic mass is 16.4. The van der Waals surface area contributed by atoms with Gasteiger partial charge in [0.2, 0.25) is 11.8 Å². The first-order valence-corrected chi connectivity index (χ1v) is 8.90. The number of benzene rings is 1. The van der Waals surface area contributed by atoms with Crippen LogP contribution in [0.3, 0.4) is 0 Å². The van der Waals surface area contributed by atoms with E-state index in [0.717, 1.165) is 0 Å². The molecule has 0 aromatic heterocycles. The summed E-state index contributed by atoms with van der Waals surface area (Å²) in [4.78, 5) is 61.4. The van der Waals surface area contributed by atoms with Crippen LogP contribution in [-0.4, -0.2) is 51.2 Å². The number of carboxylic acid groups (broad SMARTS) is 1. The van der Waals surface area contributed by atoms with Crippen LogP contribution in [0.15, 0.2) is 18.2 Å². The highest BCUT2D eigenvalue weighted by Crippen LogP contribution is 2.30. The number of imide groups is 1. The molecule has 148 valence electrons. The third-order valence-corrected chi connectivity index (χ3v) is 4.87. The van der Waals surface area contributed by atoms with Gasteiger partial charge in [-0.2, -0.15) is 0 Å². The fourth-order valence-corrected chi connectivity index (χ4v) is 3.60. The van der Waals surface area contributed by atoms with Crippen LogP contribution in [0.2, 0.25) is 0 Å². The van der Waals surface area contributed by atoms with Crippen molar-refractivity contribution >= 4 is 29.6 Å². The van der Waals surface area contributed by atoms with Crippen molar-refractivity contribution < 1.29 is 29.1 Å². The summed E-state index contributed by atoms with van der Waals surface area (Å²) >= 11 is 0. The third-order valence-electron chi connectivity index (χ3n) is 4.87. The Bertz CT molecular complexity index is 892. The molecular formula is C19H21N3O6. The number of amides is 4. The lowest BCUT2D eigenvalue weighted by atomic mass is 9.98. The van der Waals surface area contributed by atoms with Crippen molar-refractivity contribution in [1.82, 2.24) is 15.5 Å². The number of hydrogen-bond acceptors (Lipinski definition) is 5. The molecule has 4 amide bonds. The molecular weight excluding hydrogens is 366 g/mol. The molecule has 1 aromatic carbocycles. The molecule has 28 heavy (non-hydrogen) atoms. The van der Waals surface area contributed by atoms with Gasteiger partial charge in [-0.25, -0.2) is 0 Å². The number of carbonyl (C=O) groups is 5. The molecule has 0 spiro atoms. The van der Waals surface area contributed by atoms with Crippen LogP contribution in [0.25, 0.3) is 0 Å². The maximum absolute atomic E-state index is 12.8. The molecule has 0 saturated carbocycles. The van der Waals surface area contributed by atoms with Gasteiger partial charge in [-0.05, 0) is 38.0 Å². The van der Waals surface area contributed by atoms with Gasteiger partial charge < -0.3 is 15.3 Å². The summed E-state index contributed by atoms with van der Waals surface area (Å²) in [5.74, 6) is -2.79. The van der Waals surface area contributed by atoms with Crippen LogP contribution in [0.5, 0.6) is 0 Å². The van der Waals surface area contributed by atoms with E-state index < -0.39 is 29.4 Å². The second kappa shape index (κ2) is 7.06. The number of fused-ring (bicyclic) bond motifs is 1. The zero-order chi connectivity index (χ0) is 20.6. The maximum Gasteiger partial charge on any atom is 0.305 e. The molecule has 1 fully saturated rings. The number of piperidine rings is 1. The van der Waals surface area contributed by atoms with Crippen LogP contribution in [0.4, 0.5) is 0 Å². The fourth-order valence-electron chi connectivity index (χ4n) is 3.60. The van der Waals surface area contributed by atoms with Crippen molar-refractivity contribution in [2.75, 3.05) is 0 Å². The summed E-state index contributed by atoms with van der Waals surface area (Å²) in [6.07, 6.45) is 0.125. The largest absolute Gasteiger partial charge is 0.481 e. The molecule has 0 bridgehead atoms. The molecule has 1 saturated heterocycles. The van der Waals surface area contributed by atoms with Crippen LogP contribution in [-0.2, 0) is 20.9 Å². The molecule has 3 rings (SSSR count). The summed E-state index contributed by atoms with van der Waals surface area (Å²) in [6.45, 7) is 3.27. The van der Waals surface area contributed by atoms with Crippen LogP contribution >= 0.6 is 0 Å². The lowest BCUT2D eigenvalue weighted by Gasteiger charge is -2.29. The highest BCUT2D eigenvalue weighted by molar-refractivity contribution is 6.07. The van der Waals surface area contributed by atoms with Gasteiger partial charge in [-0.3, -0.25) is 29.3 Å². The first kappa shape index (κ1) is 19.5. The van der Waals surface area contributed by atoms with Crippen molar-refractivity contribution in [1.29, 1.82) is 0 Å². The molecule has 3 N–H and O–H groups in total. The fraction of sp³-hybridized carbons (Fsp3) is 0.421. The zero-order valence-corrected chi connectivity index (χ0v) is 15.6. The smallest absolute Gasteiger partial charge is 0.305 e. The first-order valence-electron chi connectivity index (χ1n) is 8.90. The van der Waals surface area contributed by atoms with Gasteiger partial charge >= 0.3 is 5.97 Å². The van der Waals surface area contributed by atoms with Gasteiger partial charge in [0, 0.05) is 29.6 Å². The van der Waals surface area contributed by atoms with Crippen molar-refractivity contribution in [2.45, 2.75) is 51.2 Å². The summed E-state index contributed by atoms with van der Waals surface area (Å²) < 4.78 is 0. The summed E-state index contributed by atoms with van der Waals surface area (Å²) in [5.41, 5.74) is 0.103. The lowest BCUT2D eigenvalue weighted by Crippen LogP contribution is -2.52. The molecule has 9 nitrogen and oxygen atoms in total. The Hall–Kier alpha value is -3.23. The van der Waals surface area contributed by atoms with Crippen LogP contribution in [0, 0.1) is 0 Å². The second-order valence-corrected chi connectivity index (χ2v) is 7.64. The summed E-state index contributed by atoms with van der Waals surface area (Å²) in [6, 6.07) is 3.95. The summed E-state index contributed by atoms with van der Waals surface area (Å²) in [7, 11) is 0. The number of nitrogens with zero attached hydrogens (tertiary/aromatic N) is 1. The van der Waals surface area contributed by atoms with Crippen molar-refractivity contribution in [3.8, 4) is 0 Å². The number of hydrogen-bond donors (Lipinski definition) is 3. The minimum Gasteiger partial charge on any atom is -0.481 e. The molecule has 1 unspecified atom stereocenters. The molecule has 2 aliphatic heterocycles. The van der Waals surface area contributed by atoms with E-state index in [9.17, 15) is 24.0 Å². The van der Waals surface area contributed by atoms with Crippen LogP contribution < -0.4 is 10.6 Å². The van der Waals surface area contributed by atoms with Crippen molar-refractivity contribution in [3.63, 3.8) is 0 Å². The second-order valence-electron chi connectivity index (χ2n) is 7.64. The topological polar surface area (TPSA) is 133 Å². The summed E-state index contributed by atoms with van der Waals surface area (Å²) in [5, 5.41) is 13.9. The predicted molar refractivity (Wildman–Crippen MR) is 96.3 cm³/mol. The lowest BCUT2D eigenvalue weighted by molar-refractivity contribution is -0.139. The minimum absolute atomic E-state index is 0.0728. The van der Waals surface area contributed by atoms with Crippen molar-refractivity contribution in [3.05, 3.63) is 34.9 Å². The van der Waals surface area contributed by atoms with Gasteiger partial charge in [0.1, 0.15) is 6.04 Å². The number of aliphatic carboxylic acids is 1. The molecule has 0 radical (unpaired) electrons. The third kappa shape index (κ3) is 3.73. The Morgan fingerprint density at radius 1 is 1.29 bits per heavy atom. The van der Waals surface area contributed by atoms with E-state index in [-0.39, 0.29) is 43.2 Å². The first-order chi connectivity index (χ1) is 13.1. The van der Waals surface area contributed by atoms with E-state index in [1.165, 1.54) is 4.90 Å². The van der Waals surface area contributed by atoms with Gasteiger partial charge in [0.05, 0.1) is 6.42 Å². The van der Waals surface area contributed by atoms with Gasteiger partial charge in [-0.1, -0.05) is 6.07 Å². The molecule has 2 heterocycles. The van der Waals surface area contributed by atoms with Gasteiger partial charge in [0.15, 0.2) is 0 Å². The van der Waals surface area contributed by atoms with E-state index in [1.54, 1.807) is 32.0 Å². The van der Waals surface area contributed by atoms with Gasteiger partial charge in [-0.15, -0.1) is 0 Å². The monoisotopic (exact) mass is 387 g/mol. The number of carbonyl (C=O) groups excluding carboxylic acids is 4. The average molecular weight is 387 g/mol. The quantitative estimate of drug-likeness (QED) is 0.628. The Morgan fingerprint density at radius 3 is 2.64 bits per heavy atom. The number of rotatable bonds is 5. The van der Waals surface area contributed by atoms with E-state index in [0.29, 0.717) is 11.1 Å². The Labute approximate surface area is 161 Å². The molecule has 9 heteroatoms. The Balaban J connectivity index is 1.84. The maximum atomic E-state index is 12.8. The normalized spacial score (nSPS) is 19.3. The highest BCUT2D eigenvalue weighted by Gasteiger charge is 2.40. The Morgan fingerprint density at radius 2 is 2.00 bits per heavy atom. The number of nitrogens with one attached hydrogen (secondary N) is 2.